The summed E-state index contributed by atoms with van der Waals surface area (Å²) in [6, 6.07) is 4.80. The summed E-state index contributed by atoms with van der Waals surface area (Å²) < 4.78 is 7.94. The first-order chi connectivity index (χ1) is 12.1. The molecule has 0 saturated carbocycles. The molecule has 7 nitrogen and oxygen atoms in total. The molecule has 0 radical (unpaired) electrons. The topological polar surface area (TPSA) is 72.9 Å². The summed E-state index contributed by atoms with van der Waals surface area (Å²) in [4.78, 5) is 15.7. The molecule has 7 heteroatoms. The number of aromatic nitrogens is 5. The lowest BCUT2D eigenvalue weighted by molar-refractivity contribution is 0.376. The molecule has 1 aliphatic rings. The van der Waals surface area contributed by atoms with Crippen molar-refractivity contribution in [3.63, 3.8) is 0 Å². The highest BCUT2D eigenvalue weighted by molar-refractivity contribution is 5.69. The van der Waals surface area contributed by atoms with Gasteiger partial charge < -0.3 is 9.32 Å². The quantitative estimate of drug-likeness (QED) is 0.726. The Morgan fingerprint density at radius 1 is 1.32 bits per heavy atom. The van der Waals surface area contributed by atoms with Gasteiger partial charge in [0.1, 0.15) is 11.6 Å². The maximum atomic E-state index is 5.89. The zero-order chi connectivity index (χ0) is 17.4. The molecule has 4 rings (SSSR count). The highest BCUT2D eigenvalue weighted by Gasteiger charge is 2.26. The minimum Gasteiger partial charge on any atom is -0.422 e. The third-order valence-electron chi connectivity index (χ3n) is 4.71. The van der Waals surface area contributed by atoms with Gasteiger partial charge in [-0.3, -0.25) is 0 Å². The largest absolute Gasteiger partial charge is 0.422 e. The average Bonchev–Trinajstić information content (AvgIpc) is 3.18. The van der Waals surface area contributed by atoms with Crippen LogP contribution in [0.4, 0.5) is 6.01 Å². The summed E-state index contributed by atoms with van der Waals surface area (Å²) in [6.07, 6.45) is 5.01. The van der Waals surface area contributed by atoms with E-state index in [2.05, 4.69) is 43.5 Å². The van der Waals surface area contributed by atoms with Crippen molar-refractivity contribution in [1.82, 2.24) is 24.7 Å². The maximum Gasteiger partial charge on any atom is 0.299 e. The Morgan fingerprint density at radius 3 is 3.00 bits per heavy atom. The molecule has 1 unspecified atom stereocenters. The van der Waals surface area contributed by atoms with E-state index in [9.17, 15) is 0 Å². The monoisotopic (exact) mass is 340 g/mol. The van der Waals surface area contributed by atoms with Crippen LogP contribution in [0, 0.1) is 12.8 Å². The van der Waals surface area contributed by atoms with Crippen LogP contribution in [-0.2, 0) is 6.42 Å². The van der Waals surface area contributed by atoms with Crippen molar-refractivity contribution in [2.45, 2.75) is 46.1 Å². The molecule has 25 heavy (non-hydrogen) atoms. The fraction of sp³-hybridized carbons (Fsp3) is 0.556. The van der Waals surface area contributed by atoms with Crippen LogP contribution in [0.25, 0.3) is 11.2 Å². The van der Waals surface area contributed by atoms with Gasteiger partial charge >= 0.3 is 0 Å². The number of fused-ring (bicyclic) bond motifs is 1. The standard InChI is InChI=1S/C18H24N6O/c1-12(2)24-16(20-13(3)22-24)10-14-6-5-9-23(11-14)18-21-17-15(25-18)7-4-8-19-17/h4,7-8,12,14H,5-6,9-11H2,1-3H3. The minimum absolute atomic E-state index is 0.332. The van der Waals surface area contributed by atoms with Crippen LogP contribution in [0.15, 0.2) is 22.7 Å². The van der Waals surface area contributed by atoms with Gasteiger partial charge in [0.2, 0.25) is 5.65 Å². The van der Waals surface area contributed by atoms with Gasteiger partial charge in [-0.15, -0.1) is 0 Å². The molecule has 0 spiro atoms. The molecule has 1 fully saturated rings. The van der Waals surface area contributed by atoms with Crippen LogP contribution < -0.4 is 4.90 Å². The van der Waals surface area contributed by atoms with Crippen LogP contribution >= 0.6 is 0 Å². The van der Waals surface area contributed by atoms with Crippen molar-refractivity contribution >= 4 is 17.2 Å². The van der Waals surface area contributed by atoms with E-state index in [1.54, 1.807) is 6.20 Å². The molecule has 3 aromatic heterocycles. The molecule has 0 amide bonds. The second kappa shape index (κ2) is 6.46. The highest BCUT2D eigenvalue weighted by Crippen LogP contribution is 2.27. The van der Waals surface area contributed by atoms with Crippen LogP contribution in [0.5, 0.6) is 0 Å². The number of oxazole rings is 1. The van der Waals surface area contributed by atoms with Crippen LogP contribution in [0.2, 0.25) is 0 Å². The molecule has 0 bridgehead atoms. The van der Waals surface area contributed by atoms with Crippen LogP contribution in [-0.4, -0.2) is 37.8 Å². The SMILES string of the molecule is Cc1nc(CC2CCCN(c3nc4ncccc4o3)C2)n(C(C)C)n1. The summed E-state index contributed by atoms with van der Waals surface area (Å²) in [6.45, 7) is 8.16. The average molecular weight is 340 g/mol. The first-order valence-corrected chi connectivity index (χ1v) is 8.98. The number of nitrogens with zero attached hydrogens (tertiary/aromatic N) is 6. The van der Waals surface area contributed by atoms with Gasteiger partial charge in [0.05, 0.1) is 0 Å². The third-order valence-corrected chi connectivity index (χ3v) is 4.71. The molecular formula is C18H24N6O. The Labute approximate surface area is 147 Å². The van der Waals surface area contributed by atoms with Gasteiger partial charge in [-0.2, -0.15) is 10.1 Å². The summed E-state index contributed by atoms with van der Waals surface area (Å²) in [7, 11) is 0. The highest BCUT2D eigenvalue weighted by atomic mass is 16.4. The van der Waals surface area contributed by atoms with Gasteiger partial charge in [-0.1, -0.05) is 0 Å². The van der Waals surface area contributed by atoms with E-state index in [4.69, 9.17) is 4.42 Å². The number of rotatable bonds is 4. The predicted octanol–water partition coefficient (Wildman–Crippen LogP) is 3.16. The number of hydrogen-bond acceptors (Lipinski definition) is 6. The fourth-order valence-corrected chi connectivity index (χ4v) is 3.58. The van der Waals surface area contributed by atoms with Gasteiger partial charge in [-0.25, -0.2) is 14.6 Å². The zero-order valence-electron chi connectivity index (χ0n) is 15.0. The Hall–Kier alpha value is -2.44. The molecule has 0 aliphatic carbocycles. The van der Waals surface area contributed by atoms with E-state index >= 15 is 0 Å². The number of aryl methyl sites for hydroxylation is 1. The molecule has 1 saturated heterocycles. The molecule has 1 atom stereocenters. The molecular weight excluding hydrogens is 316 g/mol. The maximum absolute atomic E-state index is 5.89. The number of hydrogen-bond donors (Lipinski definition) is 0. The minimum atomic E-state index is 0.332. The molecule has 1 aliphatic heterocycles. The second-order valence-electron chi connectivity index (χ2n) is 7.09. The first-order valence-electron chi connectivity index (χ1n) is 8.98. The van der Waals surface area contributed by atoms with Crippen LogP contribution in [0.3, 0.4) is 0 Å². The second-order valence-corrected chi connectivity index (χ2v) is 7.09. The summed E-state index contributed by atoms with van der Waals surface area (Å²) in [5.74, 6) is 2.46. The Kier molecular flexibility index (Phi) is 4.15. The fourth-order valence-electron chi connectivity index (χ4n) is 3.58. The molecule has 4 heterocycles. The van der Waals surface area contributed by atoms with Crippen molar-refractivity contribution in [2.24, 2.45) is 5.92 Å². The number of anilines is 1. The molecule has 132 valence electrons. The summed E-state index contributed by atoms with van der Waals surface area (Å²) >= 11 is 0. The lowest BCUT2D eigenvalue weighted by Crippen LogP contribution is -2.36. The number of pyridine rings is 1. The van der Waals surface area contributed by atoms with E-state index in [-0.39, 0.29) is 0 Å². The van der Waals surface area contributed by atoms with Crippen molar-refractivity contribution in [1.29, 1.82) is 0 Å². The summed E-state index contributed by atoms with van der Waals surface area (Å²) in [5.41, 5.74) is 1.42. The smallest absolute Gasteiger partial charge is 0.299 e. The Balaban J connectivity index is 1.51. The molecule has 0 N–H and O–H groups in total. The van der Waals surface area contributed by atoms with Crippen LogP contribution in [0.1, 0.15) is 44.4 Å². The van der Waals surface area contributed by atoms with Gasteiger partial charge in [0.15, 0.2) is 5.58 Å². The first kappa shape index (κ1) is 16.1. The van der Waals surface area contributed by atoms with Crippen molar-refractivity contribution in [2.75, 3.05) is 18.0 Å². The van der Waals surface area contributed by atoms with Gasteiger partial charge in [0, 0.05) is 31.7 Å². The van der Waals surface area contributed by atoms with E-state index in [1.165, 1.54) is 6.42 Å². The van der Waals surface area contributed by atoms with E-state index in [1.807, 2.05) is 19.1 Å². The van der Waals surface area contributed by atoms with E-state index in [0.717, 1.165) is 43.2 Å². The zero-order valence-corrected chi connectivity index (χ0v) is 15.0. The van der Waals surface area contributed by atoms with Gasteiger partial charge in [0.25, 0.3) is 6.01 Å². The molecule has 3 aromatic rings. The normalized spacial score (nSPS) is 18.4. The lowest BCUT2D eigenvalue weighted by Gasteiger charge is -2.31. The van der Waals surface area contributed by atoms with Crippen molar-refractivity contribution in [3.8, 4) is 0 Å². The predicted molar refractivity (Wildman–Crippen MR) is 95.6 cm³/mol. The lowest BCUT2D eigenvalue weighted by atomic mass is 9.94. The Bertz CT molecular complexity index is 834. The van der Waals surface area contributed by atoms with E-state index in [0.29, 0.717) is 23.6 Å². The summed E-state index contributed by atoms with van der Waals surface area (Å²) in [5, 5.41) is 4.53. The van der Waals surface area contributed by atoms with Crippen molar-refractivity contribution < 1.29 is 4.42 Å². The van der Waals surface area contributed by atoms with Crippen molar-refractivity contribution in [3.05, 3.63) is 30.0 Å². The number of piperidine rings is 1. The Morgan fingerprint density at radius 2 is 2.20 bits per heavy atom. The van der Waals surface area contributed by atoms with E-state index < -0.39 is 0 Å². The van der Waals surface area contributed by atoms with Gasteiger partial charge in [-0.05, 0) is 51.7 Å². The third kappa shape index (κ3) is 3.23. The molecule has 0 aromatic carbocycles.